The Labute approximate surface area is 180 Å². The molecule has 2 unspecified atom stereocenters. The molecule has 30 heavy (non-hydrogen) atoms. The quantitative estimate of drug-likeness (QED) is 0.592. The van der Waals surface area contributed by atoms with Crippen LogP contribution in [-0.2, 0) is 5.41 Å². The molecule has 1 spiro atoms. The van der Waals surface area contributed by atoms with E-state index in [1.165, 1.54) is 16.8 Å². The van der Waals surface area contributed by atoms with Crippen molar-refractivity contribution >= 4 is 5.69 Å². The summed E-state index contributed by atoms with van der Waals surface area (Å²) in [6, 6.07) is 9.89. The number of hydrogen-bond donors (Lipinski definition) is 2. The number of allylic oxidation sites excluding steroid dienone is 1. The van der Waals surface area contributed by atoms with Crippen LogP contribution in [0.5, 0.6) is 0 Å². The molecule has 1 saturated carbocycles. The van der Waals surface area contributed by atoms with Gasteiger partial charge in [0.25, 0.3) is 0 Å². The van der Waals surface area contributed by atoms with Gasteiger partial charge in [0.05, 0.1) is 30.1 Å². The number of aliphatic hydroxyl groups excluding tert-OH is 2. The number of fused-ring (bicyclic) bond motifs is 2. The number of para-hydroxylation sites is 1. The molecule has 10 atom stereocenters. The van der Waals surface area contributed by atoms with Gasteiger partial charge in [-0.2, -0.15) is 0 Å². The molecule has 0 amide bonds. The number of benzene rings is 1. The van der Waals surface area contributed by atoms with Crippen molar-refractivity contribution in [2.45, 2.75) is 82.3 Å². The molecule has 1 aliphatic carbocycles. The highest BCUT2D eigenvalue weighted by molar-refractivity contribution is 5.66. The number of quaternary nitrogens is 1. The van der Waals surface area contributed by atoms with Gasteiger partial charge in [-0.05, 0) is 37.8 Å². The average Bonchev–Trinajstić information content (AvgIpc) is 3.11. The van der Waals surface area contributed by atoms with Crippen molar-refractivity contribution in [3.05, 3.63) is 41.5 Å². The van der Waals surface area contributed by atoms with Gasteiger partial charge in [0.15, 0.2) is 6.23 Å². The van der Waals surface area contributed by atoms with Gasteiger partial charge in [-0.1, -0.05) is 36.8 Å². The average molecular weight is 410 g/mol. The van der Waals surface area contributed by atoms with Gasteiger partial charge in [-0.15, -0.1) is 0 Å². The maximum Gasteiger partial charge on any atom is 0.194 e. The Morgan fingerprint density at radius 3 is 2.73 bits per heavy atom. The first-order valence-corrected chi connectivity index (χ1v) is 12.1. The third kappa shape index (κ3) is 1.91. The minimum Gasteiger partial charge on any atom is -0.392 e. The summed E-state index contributed by atoms with van der Waals surface area (Å²) in [6.07, 6.45) is 5.99. The van der Waals surface area contributed by atoms with Crippen molar-refractivity contribution in [1.29, 1.82) is 0 Å². The molecular weight excluding hydrogens is 372 g/mol. The number of likely N-dealkylation sites (N-methyl/N-ethyl adjacent to an activating group) is 1. The molecule has 4 saturated heterocycles. The fraction of sp³-hybridized carbons (Fsp3) is 0.692. The summed E-state index contributed by atoms with van der Waals surface area (Å²) in [7, 11) is 2.24. The monoisotopic (exact) mass is 409 g/mol. The lowest BCUT2D eigenvalue weighted by molar-refractivity contribution is -1.04. The number of rotatable bonds is 4. The van der Waals surface area contributed by atoms with Crippen LogP contribution in [0.4, 0.5) is 5.69 Å². The molecule has 5 fully saturated rings. The Kier molecular flexibility index (Phi) is 3.94. The second-order valence-electron chi connectivity index (χ2n) is 11.1. The molecule has 5 bridgehead atoms. The van der Waals surface area contributed by atoms with Crippen LogP contribution in [-0.4, -0.2) is 58.7 Å². The van der Waals surface area contributed by atoms with E-state index in [-0.39, 0.29) is 23.8 Å². The second kappa shape index (κ2) is 6.11. The first-order chi connectivity index (χ1) is 14.4. The van der Waals surface area contributed by atoms with Gasteiger partial charge in [-0.3, -0.25) is 4.48 Å². The summed E-state index contributed by atoms with van der Waals surface area (Å²) >= 11 is 0. The Hall–Kier alpha value is -1.36. The molecule has 0 aromatic heterocycles. The molecule has 5 heterocycles. The molecule has 1 aromatic carbocycles. The van der Waals surface area contributed by atoms with E-state index in [9.17, 15) is 10.2 Å². The number of hydrogen-bond acceptors (Lipinski definition) is 3. The fourth-order valence-electron chi connectivity index (χ4n) is 9.42. The third-order valence-corrected chi connectivity index (χ3v) is 10.2. The van der Waals surface area contributed by atoms with Crippen LogP contribution in [0.3, 0.4) is 0 Å². The second-order valence-corrected chi connectivity index (χ2v) is 11.1. The third-order valence-electron chi connectivity index (χ3n) is 10.2. The van der Waals surface area contributed by atoms with Crippen molar-refractivity contribution in [3.63, 3.8) is 0 Å². The molecule has 4 heteroatoms. The van der Waals surface area contributed by atoms with Gasteiger partial charge >= 0.3 is 0 Å². The summed E-state index contributed by atoms with van der Waals surface area (Å²) < 4.78 is 0.839. The van der Waals surface area contributed by atoms with E-state index < -0.39 is 0 Å². The van der Waals surface area contributed by atoms with Crippen LogP contribution >= 0.6 is 0 Å². The largest absolute Gasteiger partial charge is 0.392 e. The highest BCUT2D eigenvalue weighted by atomic mass is 16.3. The molecule has 5 aliphatic heterocycles. The van der Waals surface area contributed by atoms with Crippen LogP contribution in [0.2, 0.25) is 0 Å². The number of aliphatic hydroxyl groups is 2. The minimum absolute atomic E-state index is 0.152. The topological polar surface area (TPSA) is 43.7 Å². The highest BCUT2D eigenvalue weighted by Crippen LogP contribution is 2.71. The van der Waals surface area contributed by atoms with Gasteiger partial charge in [-0.25, -0.2) is 0 Å². The van der Waals surface area contributed by atoms with E-state index in [0.29, 0.717) is 29.8 Å². The minimum atomic E-state index is -0.293. The van der Waals surface area contributed by atoms with Crippen molar-refractivity contribution in [3.8, 4) is 0 Å². The summed E-state index contributed by atoms with van der Waals surface area (Å²) in [6.45, 7) is 7.59. The van der Waals surface area contributed by atoms with Crippen LogP contribution in [0.25, 0.3) is 0 Å². The zero-order valence-corrected chi connectivity index (χ0v) is 18.8. The lowest BCUT2D eigenvalue weighted by atomic mass is 9.60. The van der Waals surface area contributed by atoms with Crippen molar-refractivity contribution in [2.24, 2.45) is 17.8 Å². The number of nitrogens with zero attached hydrogens (tertiary/aromatic N) is 2. The molecule has 0 radical (unpaired) electrons. The summed E-state index contributed by atoms with van der Waals surface area (Å²) in [4.78, 5) is 2.48. The summed E-state index contributed by atoms with van der Waals surface area (Å²) in [5.74, 6) is 1.10. The van der Waals surface area contributed by atoms with Crippen molar-refractivity contribution in [1.82, 2.24) is 0 Å². The SMILES string of the molecule is CC[C@H]1[C@H]2CC3[C@@H]4N(C)c5ccccc5[C@]45C[C@@H]([C@@H]2[C@H]5O)[N+]3(CCC=C(C)C)[C@@H]1O. The molecule has 162 valence electrons. The van der Waals surface area contributed by atoms with Crippen LogP contribution in [0, 0.1) is 17.8 Å². The van der Waals surface area contributed by atoms with Crippen molar-refractivity contribution in [2.75, 3.05) is 18.5 Å². The molecular formula is C26H37N2O2+. The predicted octanol–water partition coefficient (Wildman–Crippen LogP) is 3.43. The first-order valence-electron chi connectivity index (χ1n) is 12.1. The van der Waals surface area contributed by atoms with Gasteiger partial charge in [0.1, 0.15) is 6.04 Å². The highest BCUT2D eigenvalue weighted by Gasteiger charge is 2.82. The van der Waals surface area contributed by atoms with E-state index in [4.69, 9.17) is 0 Å². The maximum absolute atomic E-state index is 12.0. The lowest BCUT2D eigenvalue weighted by Gasteiger charge is -2.68. The van der Waals surface area contributed by atoms with Gasteiger partial charge in [0.2, 0.25) is 0 Å². The van der Waals surface area contributed by atoms with E-state index in [1.54, 1.807) is 0 Å². The smallest absolute Gasteiger partial charge is 0.194 e. The van der Waals surface area contributed by atoms with E-state index >= 15 is 0 Å². The zero-order chi connectivity index (χ0) is 21.0. The fourth-order valence-corrected chi connectivity index (χ4v) is 9.42. The van der Waals surface area contributed by atoms with Crippen molar-refractivity contribution < 1.29 is 14.7 Å². The molecule has 4 nitrogen and oxygen atoms in total. The molecule has 2 N–H and O–H groups in total. The van der Waals surface area contributed by atoms with Crippen LogP contribution < -0.4 is 4.90 Å². The zero-order valence-electron chi connectivity index (χ0n) is 18.8. The van der Waals surface area contributed by atoms with Crippen LogP contribution in [0.15, 0.2) is 35.9 Å². The predicted molar refractivity (Wildman–Crippen MR) is 119 cm³/mol. The maximum atomic E-state index is 12.0. The normalized spacial score (nSPS) is 49.3. The lowest BCUT2D eigenvalue weighted by Crippen LogP contribution is -2.83. The Morgan fingerprint density at radius 1 is 1.23 bits per heavy atom. The Balaban J connectivity index is 1.55. The molecule has 7 rings (SSSR count). The standard InChI is InChI=1S/C26H37N2O2/c1-5-16-17-13-20-23-26(18-10-6-7-11-19(18)27(23)4)14-21(22(17)24(26)29)28(20,25(16)30)12-8-9-15(2)3/h6-7,9-11,16-17,20-25,29-30H,5,8,12-14H2,1-4H3/q+1/t16-,17+,20?,21-,22+,23-,24+,25+,26+,28?/m0/s1. The Morgan fingerprint density at radius 2 is 2.00 bits per heavy atom. The first kappa shape index (κ1) is 19.3. The van der Waals surface area contributed by atoms with E-state index in [2.05, 4.69) is 63.1 Å². The summed E-state index contributed by atoms with van der Waals surface area (Å²) in [5.41, 5.74) is 3.88. The molecule has 1 aromatic rings. The number of anilines is 1. The van der Waals surface area contributed by atoms with Gasteiger partial charge < -0.3 is 15.1 Å². The Bertz CT molecular complexity index is 910. The van der Waals surface area contributed by atoms with Crippen LogP contribution in [0.1, 0.15) is 52.0 Å². The van der Waals surface area contributed by atoms with Gasteiger partial charge in [0, 0.05) is 43.8 Å². The summed E-state index contributed by atoms with van der Waals surface area (Å²) in [5, 5.41) is 23.9. The number of piperidine rings is 4. The van der Waals surface area contributed by atoms with E-state index in [1.807, 2.05) is 0 Å². The molecule has 6 aliphatic rings. The van der Waals surface area contributed by atoms with E-state index in [0.717, 1.165) is 36.7 Å².